The summed E-state index contributed by atoms with van der Waals surface area (Å²) in [6.07, 6.45) is 3.26. The molecule has 0 amide bonds. The second kappa shape index (κ2) is 5.97. The second-order valence-electron chi connectivity index (χ2n) is 3.17. The Hall–Kier alpha value is -1.75. The molecule has 0 heterocycles. The van der Waals surface area contributed by atoms with Crippen LogP contribution < -0.4 is 5.32 Å². The van der Waals surface area contributed by atoms with Crippen molar-refractivity contribution in [2.75, 3.05) is 13.1 Å². The molecule has 0 spiro atoms. The Bertz CT molecular complexity index is 405. The third kappa shape index (κ3) is 3.43. The molecule has 0 aromatic heterocycles. The van der Waals surface area contributed by atoms with E-state index in [1.807, 2.05) is 6.92 Å². The van der Waals surface area contributed by atoms with Crippen molar-refractivity contribution in [2.24, 2.45) is 0 Å². The van der Waals surface area contributed by atoms with Crippen LogP contribution in [0, 0.1) is 15.9 Å². The van der Waals surface area contributed by atoms with Gasteiger partial charge >= 0.3 is 0 Å². The van der Waals surface area contributed by atoms with Gasteiger partial charge in [0.05, 0.1) is 4.92 Å². The first-order chi connectivity index (χ1) is 7.65. The highest BCUT2D eigenvalue weighted by atomic mass is 19.1. The van der Waals surface area contributed by atoms with Gasteiger partial charge in [-0.15, -0.1) is 0 Å². The van der Waals surface area contributed by atoms with Gasteiger partial charge in [0.2, 0.25) is 0 Å². The highest BCUT2D eigenvalue weighted by molar-refractivity contribution is 5.54. The molecule has 1 aromatic rings. The summed E-state index contributed by atoms with van der Waals surface area (Å²) < 4.78 is 13.2. The van der Waals surface area contributed by atoms with Crippen molar-refractivity contribution >= 4 is 11.8 Å². The van der Waals surface area contributed by atoms with E-state index in [1.165, 1.54) is 12.1 Å². The van der Waals surface area contributed by atoms with E-state index in [-0.39, 0.29) is 11.3 Å². The zero-order chi connectivity index (χ0) is 12.0. The van der Waals surface area contributed by atoms with E-state index in [0.717, 1.165) is 18.7 Å². The van der Waals surface area contributed by atoms with Crippen LogP contribution in [0.5, 0.6) is 0 Å². The van der Waals surface area contributed by atoms with Gasteiger partial charge in [-0.05, 0) is 12.6 Å². The first kappa shape index (κ1) is 12.3. The van der Waals surface area contributed by atoms with Crippen molar-refractivity contribution in [3.8, 4) is 0 Å². The third-order valence-corrected chi connectivity index (χ3v) is 2.00. The maximum absolute atomic E-state index is 13.2. The van der Waals surface area contributed by atoms with Crippen LogP contribution in [-0.4, -0.2) is 18.0 Å². The van der Waals surface area contributed by atoms with Crippen LogP contribution in [0.15, 0.2) is 24.3 Å². The normalized spacial score (nSPS) is 10.9. The van der Waals surface area contributed by atoms with Gasteiger partial charge in [-0.1, -0.05) is 19.1 Å². The Kier molecular flexibility index (Phi) is 4.60. The summed E-state index contributed by atoms with van der Waals surface area (Å²) in [6.45, 7) is 3.39. The molecule has 0 saturated carbocycles. The van der Waals surface area contributed by atoms with E-state index in [4.69, 9.17) is 0 Å². The molecule has 16 heavy (non-hydrogen) atoms. The number of likely N-dealkylation sites (N-methyl/N-ethyl adjacent to an activating group) is 1. The molecule has 1 N–H and O–H groups in total. The molecule has 0 saturated heterocycles. The van der Waals surface area contributed by atoms with E-state index in [2.05, 4.69) is 5.32 Å². The fraction of sp³-hybridized carbons (Fsp3) is 0.273. The summed E-state index contributed by atoms with van der Waals surface area (Å²) in [5, 5.41) is 13.5. The highest BCUT2D eigenvalue weighted by Crippen LogP contribution is 2.17. The van der Waals surface area contributed by atoms with E-state index in [9.17, 15) is 14.5 Å². The Balaban J connectivity index is 2.82. The summed E-state index contributed by atoms with van der Waals surface area (Å²) >= 11 is 0. The van der Waals surface area contributed by atoms with Crippen molar-refractivity contribution in [2.45, 2.75) is 6.92 Å². The lowest BCUT2D eigenvalue weighted by molar-refractivity contribution is -0.384. The second-order valence-corrected chi connectivity index (χ2v) is 3.17. The van der Waals surface area contributed by atoms with Gasteiger partial charge in [0.25, 0.3) is 5.69 Å². The Morgan fingerprint density at radius 3 is 2.94 bits per heavy atom. The number of nitrogens with one attached hydrogen (secondary N) is 1. The largest absolute Gasteiger partial charge is 0.314 e. The number of nitro groups is 1. The van der Waals surface area contributed by atoms with Crippen molar-refractivity contribution in [1.29, 1.82) is 0 Å². The minimum Gasteiger partial charge on any atom is -0.314 e. The molecule has 0 unspecified atom stereocenters. The molecular weight excluding hydrogens is 211 g/mol. The SMILES string of the molecule is CCNC/C=C/c1cc([N+](=O)[O-])ccc1F. The van der Waals surface area contributed by atoms with Gasteiger partial charge in [-0.2, -0.15) is 0 Å². The van der Waals surface area contributed by atoms with E-state index in [1.54, 1.807) is 6.08 Å². The van der Waals surface area contributed by atoms with Gasteiger partial charge in [-0.25, -0.2) is 4.39 Å². The van der Waals surface area contributed by atoms with Gasteiger partial charge in [0.15, 0.2) is 0 Å². The summed E-state index contributed by atoms with van der Waals surface area (Å²) in [4.78, 5) is 9.95. The molecule has 0 aliphatic rings. The van der Waals surface area contributed by atoms with Gasteiger partial charge in [0, 0.05) is 24.2 Å². The van der Waals surface area contributed by atoms with Crippen LogP contribution in [0.1, 0.15) is 12.5 Å². The predicted molar refractivity (Wildman–Crippen MR) is 60.6 cm³/mol. The van der Waals surface area contributed by atoms with Gasteiger partial charge in [-0.3, -0.25) is 10.1 Å². The van der Waals surface area contributed by atoms with Crippen molar-refractivity contribution in [1.82, 2.24) is 5.32 Å². The molecule has 86 valence electrons. The van der Waals surface area contributed by atoms with Crippen LogP contribution in [-0.2, 0) is 0 Å². The first-order valence-corrected chi connectivity index (χ1v) is 4.96. The maximum Gasteiger partial charge on any atom is 0.270 e. The van der Waals surface area contributed by atoms with Crippen LogP contribution in [0.4, 0.5) is 10.1 Å². The third-order valence-electron chi connectivity index (χ3n) is 2.00. The molecule has 0 fully saturated rings. The average Bonchev–Trinajstić information content (AvgIpc) is 2.26. The van der Waals surface area contributed by atoms with E-state index in [0.29, 0.717) is 6.54 Å². The minimum atomic E-state index is -0.541. The zero-order valence-corrected chi connectivity index (χ0v) is 8.94. The van der Waals surface area contributed by atoms with Crippen molar-refractivity contribution in [3.63, 3.8) is 0 Å². The quantitative estimate of drug-likeness (QED) is 0.474. The lowest BCUT2D eigenvalue weighted by Gasteiger charge is -1.98. The van der Waals surface area contributed by atoms with Crippen LogP contribution >= 0.6 is 0 Å². The molecule has 4 nitrogen and oxygen atoms in total. The number of benzene rings is 1. The molecule has 0 aliphatic carbocycles. The summed E-state index contributed by atoms with van der Waals surface area (Å²) in [6, 6.07) is 3.47. The molecular formula is C11H13FN2O2. The summed E-state index contributed by atoms with van der Waals surface area (Å²) in [5.41, 5.74) is 0.122. The highest BCUT2D eigenvalue weighted by Gasteiger charge is 2.08. The Morgan fingerprint density at radius 2 is 2.31 bits per heavy atom. The lowest BCUT2D eigenvalue weighted by Crippen LogP contribution is -2.11. The van der Waals surface area contributed by atoms with Crippen LogP contribution in [0.25, 0.3) is 6.08 Å². The van der Waals surface area contributed by atoms with Crippen molar-refractivity contribution in [3.05, 3.63) is 45.8 Å². The fourth-order valence-electron chi connectivity index (χ4n) is 1.19. The average molecular weight is 224 g/mol. The fourth-order valence-corrected chi connectivity index (χ4v) is 1.19. The smallest absolute Gasteiger partial charge is 0.270 e. The Labute approximate surface area is 92.9 Å². The van der Waals surface area contributed by atoms with E-state index < -0.39 is 10.7 Å². The number of nitro benzene ring substituents is 1. The zero-order valence-electron chi connectivity index (χ0n) is 8.94. The number of hydrogen-bond donors (Lipinski definition) is 1. The molecule has 0 aliphatic heterocycles. The summed E-state index contributed by atoms with van der Waals surface area (Å²) in [7, 11) is 0. The molecule has 5 heteroatoms. The minimum absolute atomic E-state index is 0.107. The number of rotatable bonds is 5. The molecule has 1 aromatic carbocycles. The predicted octanol–water partition coefficient (Wildman–Crippen LogP) is 2.36. The van der Waals surface area contributed by atoms with Crippen LogP contribution in [0.3, 0.4) is 0 Å². The van der Waals surface area contributed by atoms with Crippen molar-refractivity contribution < 1.29 is 9.31 Å². The maximum atomic E-state index is 13.2. The molecule has 0 radical (unpaired) electrons. The van der Waals surface area contributed by atoms with E-state index >= 15 is 0 Å². The van der Waals surface area contributed by atoms with Crippen LogP contribution in [0.2, 0.25) is 0 Å². The van der Waals surface area contributed by atoms with Gasteiger partial charge < -0.3 is 5.32 Å². The van der Waals surface area contributed by atoms with Gasteiger partial charge in [0.1, 0.15) is 5.82 Å². The first-order valence-electron chi connectivity index (χ1n) is 4.96. The number of non-ortho nitro benzene ring substituents is 1. The molecule has 1 rings (SSSR count). The monoisotopic (exact) mass is 224 g/mol. The standard InChI is InChI=1S/C11H13FN2O2/c1-2-13-7-3-4-9-8-10(14(15)16)5-6-11(9)12/h3-6,8,13H,2,7H2,1H3/b4-3+. The Morgan fingerprint density at radius 1 is 1.56 bits per heavy atom. The number of hydrogen-bond acceptors (Lipinski definition) is 3. The number of halogens is 1. The molecule has 0 bridgehead atoms. The number of nitrogens with zero attached hydrogens (tertiary/aromatic N) is 1. The summed E-state index contributed by atoms with van der Waals surface area (Å²) in [5.74, 6) is -0.460. The lowest BCUT2D eigenvalue weighted by atomic mass is 10.1. The molecule has 0 atom stereocenters. The topological polar surface area (TPSA) is 55.2 Å².